The predicted molar refractivity (Wildman–Crippen MR) is 61.8 cm³/mol. The van der Waals surface area contributed by atoms with Crippen LogP contribution in [0.1, 0.15) is 5.56 Å². The monoisotopic (exact) mass is 178 g/mol. The number of fused-ring (bicyclic) bond motifs is 1. The molecular formula is C14H10. The molecule has 2 aromatic carbocycles. The Labute approximate surface area is 83.9 Å². The summed E-state index contributed by atoms with van der Waals surface area (Å²) in [6.45, 7) is 0. The molecule has 0 aliphatic heterocycles. The van der Waals surface area contributed by atoms with Crippen molar-refractivity contribution in [2.45, 2.75) is 0 Å². The average Bonchev–Trinajstić information content (AvgIpc) is 2.26. The molecule has 0 heteroatoms. The third-order valence-electron chi connectivity index (χ3n) is 2.15. The summed E-state index contributed by atoms with van der Waals surface area (Å²) in [5.74, 6) is 2.48. The second-order valence-corrected chi connectivity index (χ2v) is 3.11. The molecule has 0 aromatic heterocycles. The third-order valence-corrected chi connectivity index (χ3v) is 2.15. The number of allylic oxidation sites excluding steroid dienone is 1. The zero-order valence-electron chi connectivity index (χ0n) is 7.77. The van der Waals surface area contributed by atoms with Crippen LogP contribution >= 0.6 is 0 Å². The second-order valence-electron chi connectivity index (χ2n) is 3.11. The Kier molecular flexibility index (Phi) is 2.34. The lowest BCUT2D eigenvalue weighted by atomic mass is 10.1. The number of benzene rings is 2. The van der Waals surface area contributed by atoms with Crippen LogP contribution in [-0.2, 0) is 0 Å². The van der Waals surface area contributed by atoms with Gasteiger partial charge in [0.2, 0.25) is 0 Å². The minimum atomic E-state index is 1.14. The first-order chi connectivity index (χ1) is 6.90. The minimum absolute atomic E-state index is 1.14. The first kappa shape index (κ1) is 8.59. The van der Waals surface area contributed by atoms with Crippen molar-refractivity contribution in [1.29, 1.82) is 0 Å². The van der Waals surface area contributed by atoms with Gasteiger partial charge in [0, 0.05) is 0 Å². The summed E-state index contributed by atoms with van der Waals surface area (Å²) in [6.07, 6.45) is 8.80. The molecule has 0 N–H and O–H groups in total. The van der Waals surface area contributed by atoms with Gasteiger partial charge in [-0.2, -0.15) is 0 Å². The molecule has 0 fully saturated rings. The van der Waals surface area contributed by atoms with Gasteiger partial charge in [0.25, 0.3) is 0 Å². The van der Waals surface area contributed by atoms with Crippen molar-refractivity contribution in [3.05, 3.63) is 54.1 Å². The summed E-state index contributed by atoms with van der Waals surface area (Å²) in [4.78, 5) is 0. The van der Waals surface area contributed by atoms with Gasteiger partial charge in [-0.05, 0) is 34.6 Å². The van der Waals surface area contributed by atoms with Crippen molar-refractivity contribution in [3.63, 3.8) is 0 Å². The van der Waals surface area contributed by atoms with Gasteiger partial charge in [0.1, 0.15) is 0 Å². The van der Waals surface area contributed by atoms with E-state index in [2.05, 4.69) is 36.3 Å². The number of hydrogen-bond acceptors (Lipinski definition) is 0. The Morgan fingerprint density at radius 3 is 2.57 bits per heavy atom. The molecule has 66 valence electrons. The van der Waals surface area contributed by atoms with E-state index in [-0.39, 0.29) is 0 Å². The summed E-state index contributed by atoms with van der Waals surface area (Å²) in [5, 5.41) is 2.50. The summed E-state index contributed by atoms with van der Waals surface area (Å²) in [6, 6.07) is 14.6. The predicted octanol–water partition coefficient (Wildman–Crippen LogP) is 3.49. The maximum absolute atomic E-state index is 5.15. The fourth-order valence-electron chi connectivity index (χ4n) is 1.46. The van der Waals surface area contributed by atoms with Crippen molar-refractivity contribution in [2.24, 2.45) is 0 Å². The van der Waals surface area contributed by atoms with E-state index in [4.69, 9.17) is 6.42 Å². The maximum Gasteiger partial charge on any atom is -0.0116 e. The van der Waals surface area contributed by atoms with Crippen LogP contribution in [0.15, 0.2) is 48.5 Å². The highest BCUT2D eigenvalue weighted by Crippen LogP contribution is 2.16. The van der Waals surface area contributed by atoms with E-state index < -0.39 is 0 Å². The van der Waals surface area contributed by atoms with E-state index >= 15 is 0 Å². The molecule has 0 spiro atoms. The summed E-state index contributed by atoms with van der Waals surface area (Å²) in [5.41, 5.74) is 1.14. The molecule has 0 saturated heterocycles. The minimum Gasteiger partial charge on any atom is -0.115 e. The van der Waals surface area contributed by atoms with Crippen molar-refractivity contribution in [1.82, 2.24) is 0 Å². The lowest BCUT2D eigenvalue weighted by Gasteiger charge is -1.98. The van der Waals surface area contributed by atoms with E-state index in [1.807, 2.05) is 18.2 Å². The Balaban J connectivity index is 2.52. The smallest absolute Gasteiger partial charge is 0.0116 e. The molecule has 0 amide bonds. The second kappa shape index (κ2) is 3.81. The zero-order valence-corrected chi connectivity index (χ0v) is 7.77. The van der Waals surface area contributed by atoms with Crippen molar-refractivity contribution < 1.29 is 0 Å². The standard InChI is InChI=1S/C14H10/c1-2-3-6-12-9-10-13-7-4-5-8-14(13)11-12/h1,3-11H/b6-3+. The van der Waals surface area contributed by atoms with Crippen molar-refractivity contribution in [3.8, 4) is 12.3 Å². The SMILES string of the molecule is C#C/C=C/c1ccc2ccccc2c1. The van der Waals surface area contributed by atoms with E-state index in [9.17, 15) is 0 Å². The third kappa shape index (κ3) is 1.67. The highest BCUT2D eigenvalue weighted by molar-refractivity contribution is 5.84. The Hall–Kier alpha value is -2.00. The summed E-state index contributed by atoms with van der Waals surface area (Å²) < 4.78 is 0. The summed E-state index contributed by atoms with van der Waals surface area (Å²) in [7, 11) is 0. The van der Waals surface area contributed by atoms with E-state index in [0.717, 1.165) is 5.56 Å². The van der Waals surface area contributed by atoms with Gasteiger partial charge in [-0.25, -0.2) is 0 Å². The number of terminal acetylenes is 1. The number of rotatable bonds is 1. The average molecular weight is 178 g/mol. The maximum atomic E-state index is 5.15. The molecule has 0 heterocycles. The van der Waals surface area contributed by atoms with E-state index in [1.165, 1.54) is 10.8 Å². The molecule has 2 rings (SSSR count). The van der Waals surface area contributed by atoms with Crippen LogP contribution in [0.2, 0.25) is 0 Å². The van der Waals surface area contributed by atoms with Crippen molar-refractivity contribution >= 4 is 16.8 Å². The Morgan fingerprint density at radius 2 is 1.79 bits per heavy atom. The lowest BCUT2D eigenvalue weighted by molar-refractivity contribution is 1.71. The van der Waals surface area contributed by atoms with Gasteiger partial charge >= 0.3 is 0 Å². The molecule has 0 atom stereocenters. The number of hydrogen-bond donors (Lipinski definition) is 0. The van der Waals surface area contributed by atoms with E-state index in [0.29, 0.717) is 0 Å². The topological polar surface area (TPSA) is 0 Å². The molecule has 0 nitrogen and oxygen atoms in total. The molecule has 0 unspecified atom stereocenters. The van der Waals surface area contributed by atoms with Gasteiger partial charge in [-0.15, -0.1) is 6.42 Å². The van der Waals surface area contributed by atoms with Gasteiger partial charge in [-0.1, -0.05) is 42.3 Å². The first-order valence-corrected chi connectivity index (χ1v) is 4.51. The van der Waals surface area contributed by atoms with Gasteiger partial charge in [0.15, 0.2) is 0 Å². The van der Waals surface area contributed by atoms with E-state index in [1.54, 1.807) is 6.08 Å². The molecule has 0 radical (unpaired) electrons. The highest BCUT2D eigenvalue weighted by atomic mass is 14.0. The first-order valence-electron chi connectivity index (χ1n) is 4.51. The van der Waals surface area contributed by atoms with Crippen LogP contribution in [0, 0.1) is 12.3 Å². The molecule has 14 heavy (non-hydrogen) atoms. The Morgan fingerprint density at radius 1 is 1.00 bits per heavy atom. The fourth-order valence-corrected chi connectivity index (χ4v) is 1.46. The van der Waals surface area contributed by atoms with Crippen molar-refractivity contribution in [2.75, 3.05) is 0 Å². The fraction of sp³-hybridized carbons (Fsp3) is 0. The quantitative estimate of drug-likeness (QED) is 0.586. The van der Waals surface area contributed by atoms with Crippen LogP contribution < -0.4 is 0 Å². The van der Waals surface area contributed by atoms with Gasteiger partial charge < -0.3 is 0 Å². The zero-order chi connectivity index (χ0) is 9.80. The van der Waals surface area contributed by atoms with Crippen LogP contribution in [-0.4, -0.2) is 0 Å². The molecule has 0 aliphatic carbocycles. The molecule has 0 aliphatic rings. The molecule has 2 aromatic rings. The van der Waals surface area contributed by atoms with Gasteiger partial charge in [-0.3, -0.25) is 0 Å². The molecule has 0 bridgehead atoms. The van der Waals surface area contributed by atoms with Crippen LogP contribution in [0.3, 0.4) is 0 Å². The summed E-state index contributed by atoms with van der Waals surface area (Å²) >= 11 is 0. The normalized spacial score (nSPS) is 10.5. The van der Waals surface area contributed by atoms with Crippen LogP contribution in [0.5, 0.6) is 0 Å². The van der Waals surface area contributed by atoms with Crippen LogP contribution in [0.4, 0.5) is 0 Å². The van der Waals surface area contributed by atoms with Crippen LogP contribution in [0.25, 0.3) is 16.8 Å². The largest absolute Gasteiger partial charge is 0.115 e. The Bertz CT molecular complexity index is 513. The lowest BCUT2D eigenvalue weighted by Crippen LogP contribution is -1.74. The molecular weight excluding hydrogens is 168 g/mol. The molecule has 0 saturated carbocycles. The highest BCUT2D eigenvalue weighted by Gasteiger charge is 1.91. The van der Waals surface area contributed by atoms with Gasteiger partial charge in [0.05, 0.1) is 0 Å².